The molecule has 94 valence electrons. The Bertz CT molecular complexity index is 763. The van der Waals surface area contributed by atoms with Crippen LogP contribution in [0.25, 0.3) is 16.9 Å². The summed E-state index contributed by atoms with van der Waals surface area (Å²) in [5, 5.41) is 9.50. The van der Waals surface area contributed by atoms with Crippen LogP contribution < -0.4 is 0 Å². The third-order valence-corrected chi connectivity index (χ3v) is 3.10. The molecule has 0 aliphatic rings. The summed E-state index contributed by atoms with van der Waals surface area (Å²) in [4.78, 5) is 15.2. The number of fused-ring (bicyclic) bond motifs is 1. The van der Waals surface area contributed by atoms with E-state index in [1.807, 2.05) is 10.5 Å². The summed E-state index contributed by atoms with van der Waals surface area (Å²) in [6, 6.07) is 10.3. The number of aromatic nitrogens is 2. The highest BCUT2D eigenvalue weighted by Gasteiger charge is 2.08. The molecule has 0 spiro atoms. The Hall–Kier alpha value is -2.33. The van der Waals surface area contributed by atoms with E-state index in [-0.39, 0.29) is 5.56 Å². The van der Waals surface area contributed by atoms with Crippen molar-refractivity contribution in [1.29, 1.82) is 0 Å². The lowest BCUT2D eigenvalue weighted by Gasteiger charge is -2.02. The lowest BCUT2D eigenvalue weighted by molar-refractivity contribution is 0.0697. The van der Waals surface area contributed by atoms with Crippen LogP contribution in [0.1, 0.15) is 10.4 Å². The number of rotatable bonds is 2. The average molecular weight is 273 g/mol. The summed E-state index contributed by atoms with van der Waals surface area (Å²) >= 11 is 5.98. The third-order valence-electron chi connectivity index (χ3n) is 2.88. The number of carboxylic acid groups (broad SMARTS) is 1. The number of carbonyl (C=O) groups is 1. The highest BCUT2D eigenvalue weighted by Crippen LogP contribution is 2.22. The molecule has 2 heterocycles. The molecule has 0 aliphatic heterocycles. The second-order valence-electron chi connectivity index (χ2n) is 4.11. The average Bonchev–Trinajstić information content (AvgIpc) is 2.81. The summed E-state index contributed by atoms with van der Waals surface area (Å²) in [7, 11) is 0. The number of hydrogen-bond acceptors (Lipinski definition) is 2. The van der Waals surface area contributed by atoms with Gasteiger partial charge >= 0.3 is 5.97 Å². The fourth-order valence-corrected chi connectivity index (χ4v) is 2.10. The van der Waals surface area contributed by atoms with Gasteiger partial charge in [-0.05, 0) is 24.3 Å². The van der Waals surface area contributed by atoms with E-state index in [2.05, 4.69) is 4.98 Å². The fourth-order valence-electron chi connectivity index (χ4n) is 1.94. The Kier molecular flexibility index (Phi) is 2.72. The maximum atomic E-state index is 10.8. The quantitative estimate of drug-likeness (QED) is 0.778. The largest absolute Gasteiger partial charge is 0.478 e. The van der Waals surface area contributed by atoms with Crippen molar-refractivity contribution in [3.05, 3.63) is 59.4 Å². The molecular weight excluding hydrogens is 264 g/mol. The van der Waals surface area contributed by atoms with E-state index in [0.29, 0.717) is 5.02 Å². The molecule has 2 aromatic heterocycles. The maximum absolute atomic E-state index is 10.8. The van der Waals surface area contributed by atoms with Crippen molar-refractivity contribution in [2.45, 2.75) is 0 Å². The summed E-state index contributed by atoms with van der Waals surface area (Å²) in [6.07, 6.45) is 3.53. The maximum Gasteiger partial charge on any atom is 0.335 e. The van der Waals surface area contributed by atoms with Gasteiger partial charge in [0.25, 0.3) is 0 Å². The molecule has 3 rings (SSSR count). The first kappa shape index (κ1) is 11.7. The summed E-state index contributed by atoms with van der Waals surface area (Å²) in [6.45, 7) is 0. The smallest absolute Gasteiger partial charge is 0.335 e. The number of aromatic carboxylic acids is 1. The molecule has 0 saturated carbocycles. The zero-order valence-electron chi connectivity index (χ0n) is 9.75. The molecule has 0 atom stereocenters. The normalized spacial score (nSPS) is 10.8. The number of carboxylic acids is 1. The molecule has 1 N–H and O–H groups in total. The van der Waals surface area contributed by atoms with Gasteiger partial charge in [-0.25, -0.2) is 9.78 Å². The second kappa shape index (κ2) is 4.40. The third kappa shape index (κ3) is 2.06. The van der Waals surface area contributed by atoms with Gasteiger partial charge in [-0.15, -0.1) is 0 Å². The Morgan fingerprint density at radius 3 is 2.58 bits per heavy atom. The van der Waals surface area contributed by atoms with Crippen molar-refractivity contribution >= 4 is 23.1 Å². The number of nitrogens with zero attached hydrogens (tertiary/aromatic N) is 2. The lowest BCUT2D eigenvalue weighted by atomic mass is 10.1. The second-order valence-corrected chi connectivity index (χ2v) is 4.54. The first-order valence-corrected chi connectivity index (χ1v) is 5.99. The SMILES string of the molecule is O=C(O)c1ccc(-c2ncc3ccc(Cl)cn23)cc1. The van der Waals surface area contributed by atoms with Gasteiger partial charge in [0.15, 0.2) is 0 Å². The van der Waals surface area contributed by atoms with Gasteiger partial charge < -0.3 is 5.11 Å². The van der Waals surface area contributed by atoms with Crippen LogP contribution >= 0.6 is 11.6 Å². The highest BCUT2D eigenvalue weighted by molar-refractivity contribution is 6.30. The topological polar surface area (TPSA) is 54.6 Å². The molecule has 0 aliphatic carbocycles. The Balaban J connectivity index is 2.13. The van der Waals surface area contributed by atoms with E-state index in [1.165, 1.54) is 0 Å². The fraction of sp³-hybridized carbons (Fsp3) is 0. The summed E-state index contributed by atoms with van der Waals surface area (Å²) in [5.74, 6) is -0.211. The van der Waals surface area contributed by atoms with E-state index >= 15 is 0 Å². The van der Waals surface area contributed by atoms with E-state index in [1.54, 1.807) is 42.7 Å². The molecular formula is C14H9ClN2O2. The standard InChI is InChI=1S/C14H9ClN2O2/c15-11-5-6-12-7-16-13(17(12)8-11)9-1-3-10(4-2-9)14(18)19/h1-8H,(H,18,19). The molecule has 0 amide bonds. The van der Waals surface area contributed by atoms with Gasteiger partial charge in [0.05, 0.1) is 22.3 Å². The van der Waals surface area contributed by atoms with Gasteiger partial charge in [-0.3, -0.25) is 4.40 Å². The monoisotopic (exact) mass is 272 g/mol. The van der Waals surface area contributed by atoms with Crippen LogP contribution in [0.15, 0.2) is 48.8 Å². The molecule has 4 nitrogen and oxygen atoms in total. The van der Waals surface area contributed by atoms with E-state index in [0.717, 1.165) is 16.9 Å². The van der Waals surface area contributed by atoms with Crippen molar-refractivity contribution in [2.24, 2.45) is 0 Å². The van der Waals surface area contributed by atoms with Crippen molar-refractivity contribution in [3.63, 3.8) is 0 Å². The number of pyridine rings is 1. The minimum atomic E-state index is -0.942. The van der Waals surface area contributed by atoms with E-state index in [9.17, 15) is 4.79 Å². The predicted octanol–water partition coefficient (Wildman–Crippen LogP) is 3.35. The van der Waals surface area contributed by atoms with Crippen LogP contribution in [0.3, 0.4) is 0 Å². The molecule has 0 unspecified atom stereocenters. The number of benzene rings is 1. The van der Waals surface area contributed by atoms with Crippen LogP contribution in [0.2, 0.25) is 5.02 Å². The highest BCUT2D eigenvalue weighted by atomic mass is 35.5. The molecule has 0 fully saturated rings. The van der Waals surface area contributed by atoms with Gasteiger partial charge in [-0.2, -0.15) is 0 Å². The van der Waals surface area contributed by atoms with Crippen molar-refractivity contribution < 1.29 is 9.90 Å². The Labute approximate surface area is 113 Å². The first-order chi connectivity index (χ1) is 9.15. The van der Waals surface area contributed by atoms with Crippen LogP contribution in [0.5, 0.6) is 0 Å². The lowest BCUT2D eigenvalue weighted by Crippen LogP contribution is -1.96. The molecule has 0 radical (unpaired) electrons. The van der Waals surface area contributed by atoms with Crippen LogP contribution in [0, 0.1) is 0 Å². The minimum absolute atomic E-state index is 0.252. The molecule has 5 heteroatoms. The molecule has 3 aromatic rings. The first-order valence-electron chi connectivity index (χ1n) is 5.61. The number of hydrogen-bond donors (Lipinski definition) is 1. The molecule has 0 bridgehead atoms. The van der Waals surface area contributed by atoms with Crippen molar-refractivity contribution in [1.82, 2.24) is 9.38 Å². The minimum Gasteiger partial charge on any atom is -0.478 e. The Morgan fingerprint density at radius 1 is 1.16 bits per heavy atom. The van der Waals surface area contributed by atoms with E-state index in [4.69, 9.17) is 16.7 Å². The van der Waals surface area contributed by atoms with Crippen LogP contribution in [-0.4, -0.2) is 20.5 Å². The zero-order chi connectivity index (χ0) is 13.4. The van der Waals surface area contributed by atoms with Crippen molar-refractivity contribution in [2.75, 3.05) is 0 Å². The van der Waals surface area contributed by atoms with Gasteiger partial charge in [0.1, 0.15) is 5.82 Å². The molecule has 1 aromatic carbocycles. The summed E-state index contributed by atoms with van der Waals surface area (Å²) in [5.41, 5.74) is 2.02. The predicted molar refractivity (Wildman–Crippen MR) is 72.6 cm³/mol. The van der Waals surface area contributed by atoms with Crippen molar-refractivity contribution in [3.8, 4) is 11.4 Å². The number of imidazole rings is 1. The molecule has 19 heavy (non-hydrogen) atoms. The van der Waals surface area contributed by atoms with Crippen LogP contribution in [-0.2, 0) is 0 Å². The van der Waals surface area contributed by atoms with Gasteiger partial charge in [0, 0.05) is 11.8 Å². The molecule has 0 saturated heterocycles. The van der Waals surface area contributed by atoms with Gasteiger partial charge in [0.2, 0.25) is 0 Å². The van der Waals surface area contributed by atoms with Crippen LogP contribution in [0.4, 0.5) is 0 Å². The summed E-state index contributed by atoms with van der Waals surface area (Å²) < 4.78 is 1.87. The van der Waals surface area contributed by atoms with E-state index < -0.39 is 5.97 Å². The Morgan fingerprint density at radius 2 is 1.89 bits per heavy atom. The number of halogens is 1. The van der Waals surface area contributed by atoms with Gasteiger partial charge in [-0.1, -0.05) is 23.7 Å². The zero-order valence-corrected chi connectivity index (χ0v) is 10.5.